The summed E-state index contributed by atoms with van der Waals surface area (Å²) in [6.45, 7) is 0. The van der Waals surface area contributed by atoms with Crippen LogP contribution in [0.15, 0.2) is 30.6 Å². The van der Waals surface area contributed by atoms with Crippen molar-refractivity contribution < 1.29 is 13.2 Å². The molecule has 0 amide bonds. The number of rotatable bonds is 1. The quantitative estimate of drug-likeness (QED) is 0.633. The molecular formula is C10H7F3IN3. The van der Waals surface area contributed by atoms with Crippen LogP contribution in [-0.4, -0.2) is 9.78 Å². The van der Waals surface area contributed by atoms with Crippen LogP contribution in [0.25, 0.3) is 5.69 Å². The molecule has 0 aliphatic carbocycles. The molecule has 2 aromatic rings. The molecule has 90 valence electrons. The third-order valence-corrected chi connectivity index (χ3v) is 2.68. The number of anilines is 1. The highest BCUT2D eigenvalue weighted by Gasteiger charge is 2.34. The minimum atomic E-state index is -4.46. The van der Waals surface area contributed by atoms with Crippen LogP contribution in [-0.2, 0) is 6.18 Å². The summed E-state index contributed by atoms with van der Waals surface area (Å²) >= 11 is 1.98. The lowest BCUT2D eigenvalue weighted by molar-refractivity contribution is -0.137. The van der Waals surface area contributed by atoms with Crippen LogP contribution >= 0.6 is 22.6 Å². The van der Waals surface area contributed by atoms with E-state index in [0.29, 0.717) is 0 Å². The fourth-order valence-corrected chi connectivity index (χ4v) is 1.80. The molecule has 0 aliphatic rings. The van der Waals surface area contributed by atoms with Gasteiger partial charge >= 0.3 is 6.18 Å². The average Bonchev–Trinajstić information content (AvgIpc) is 2.63. The molecule has 1 heterocycles. The SMILES string of the molecule is Nc1ccc(-n2cc(I)cn2)c(C(F)(F)F)c1. The van der Waals surface area contributed by atoms with Gasteiger partial charge in [-0.1, -0.05) is 0 Å². The molecule has 0 fully saturated rings. The topological polar surface area (TPSA) is 43.8 Å². The van der Waals surface area contributed by atoms with Crippen molar-refractivity contribution in [2.75, 3.05) is 5.73 Å². The Hall–Kier alpha value is -1.25. The van der Waals surface area contributed by atoms with Gasteiger partial charge in [-0.15, -0.1) is 0 Å². The first-order valence-electron chi connectivity index (χ1n) is 4.55. The van der Waals surface area contributed by atoms with E-state index in [1.807, 2.05) is 22.6 Å². The molecule has 1 aromatic heterocycles. The Morgan fingerprint density at radius 1 is 1.29 bits per heavy atom. The minimum absolute atomic E-state index is 0.0328. The third kappa shape index (κ3) is 2.54. The second kappa shape index (κ2) is 4.21. The molecular weight excluding hydrogens is 346 g/mol. The maximum atomic E-state index is 12.8. The Bertz CT molecular complexity index is 548. The summed E-state index contributed by atoms with van der Waals surface area (Å²) in [6, 6.07) is 3.63. The fraction of sp³-hybridized carbons (Fsp3) is 0.100. The van der Waals surface area contributed by atoms with Gasteiger partial charge in [-0.2, -0.15) is 18.3 Å². The Balaban J connectivity index is 2.61. The maximum absolute atomic E-state index is 12.8. The van der Waals surface area contributed by atoms with Crippen molar-refractivity contribution in [3.05, 3.63) is 39.7 Å². The summed E-state index contributed by atoms with van der Waals surface area (Å²) in [4.78, 5) is 0. The van der Waals surface area contributed by atoms with Gasteiger partial charge in [0.2, 0.25) is 0 Å². The maximum Gasteiger partial charge on any atom is 0.418 e. The van der Waals surface area contributed by atoms with Crippen molar-refractivity contribution in [2.24, 2.45) is 0 Å². The monoisotopic (exact) mass is 353 g/mol. The van der Waals surface area contributed by atoms with Crippen molar-refractivity contribution in [3.63, 3.8) is 0 Å². The van der Waals surface area contributed by atoms with Gasteiger partial charge in [0.1, 0.15) is 0 Å². The van der Waals surface area contributed by atoms with Crippen molar-refractivity contribution in [3.8, 4) is 5.69 Å². The number of alkyl halides is 3. The highest BCUT2D eigenvalue weighted by atomic mass is 127. The summed E-state index contributed by atoms with van der Waals surface area (Å²) in [5.74, 6) is 0. The van der Waals surface area contributed by atoms with E-state index in [9.17, 15) is 13.2 Å². The largest absolute Gasteiger partial charge is 0.418 e. The van der Waals surface area contributed by atoms with E-state index >= 15 is 0 Å². The number of halogens is 4. The molecule has 7 heteroatoms. The fourth-order valence-electron chi connectivity index (χ4n) is 1.41. The van der Waals surface area contributed by atoms with Crippen LogP contribution in [0.2, 0.25) is 0 Å². The summed E-state index contributed by atoms with van der Waals surface area (Å²) in [6.07, 6.45) is -1.46. The first kappa shape index (κ1) is 12.2. The lowest BCUT2D eigenvalue weighted by atomic mass is 10.1. The van der Waals surface area contributed by atoms with Gasteiger partial charge in [-0.05, 0) is 40.8 Å². The van der Waals surface area contributed by atoms with E-state index in [4.69, 9.17) is 5.73 Å². The number of benzene rings is 1. The Kier molecular flexibility index (Phi) is 3.02. The zero-order chi connectivity index (χ0) is 12.6. The van der Waals surface area contributed by atoms with Gasteiger partial charge in [-0.25, -0.2) is 4.68 Å². The summed E-state index contributed by atoms with van der Waals surface area (Å²) in [5.41, 5.74) is 4.62. The number of nitrogens with two attached hydrogens (primary N) is 1. The molecule has 0 spiro atoms. The van der Waals surface area contributed by atoms with Gasteiger partial charge in [0.25, 0.3) is 0 Å². The molecule has 0 saturated heterocycles. The van der Waals surface area contributed by atoms with Crippen molar-refractivity contribution >= 4 is 28.3 Å². The van der Waals surface area contributed by atoms with E-state index in [1.165, 1.54) is 29.2 Å². The molecule has 3 nitrogen and oxygen atoms in total. The Morgan fingerprint density at radius 3 is 2.53 bits per heavy atom. The number of nitrogens with zero attached hydrogens (tertiary/aromatic N) is 2. The van der Waals surface area contributed by atoms with Gasteiger partial charge in [-0.3, -0.25) is 0 Å². The van der Waals surface area contributed by atoms with Crippen molar-refractivity contribution in [2.45, 2.75) is 6.18 Å². The molecule has 2 rings (SSSR count). The van der Waals surface area contributed by atoms with Crippen LogP contribution in [0, 0.1) is 3.57 Å². The molecule has 17 heavy (non-hydrogen) atoms. The average molecular weight is 353 g/mol. The highest BCUT2D eigenvalue weighted by molar-refractivity contribution is 14.1. The second-order valence-electron chi connectivity index (χ2n) is 3.38. The molecule has 0 saturated carbocycles. The predicted molar refractivity (Wildman–Crippen MR) is 65.7 cm³/mol. The number of aromatic nitrogens is 2. The zero-order valence-electron chi connectivity index (χ0n) is 8.37. The van der Waals surface area contributed by atoms with E-state index < -0.39 is 11.7 Å². The van der Waals surface area contributed by atoms with Gasteiger partial charge in [0, 0.05) is 11.9 Å². The normalized spacial score (nSPS) is 11.8. The smallest absolute Gasteiger partial charge is 0.399 e. The first-order chi connectivity index (χ1) is 7.88. The van der Waals surface area contributed by atoms with Crippen LogP contribution in [0.3, 0.4) is 0 Å². The van der Waals surface area contributed by atoms with Gasteiger partial charge in [0.05, 0.1) is 21.0 Å². The van der Waals surface area contributed by atoms with Crippen LogP contribution in [0.5, 0.6) is 0 Å². The lowest BCUT2D eigenvalue weighted by Gasteiger charge is -2.13. The minimum Gasteiger partial charge on any atom is -0.399 e. The summed E-state index contributed by atoms with van der Waals surface area (Å²) in [5, 5.41) is 3.86. The molecule has 0 aliphatic heterocycles. The van der Waals surface area contributed by atoms with E-state index in [-0.39, 0.29) is 11.4 Å². The predicted octanol–water partition coefficient (Wildman–Crippen LogP) is 3.08. The van der Waals surface area contributed by atoms with E-state index in [1.54, 1.807) is 0 Å². The standard InChI is InChI=1S/C10H7F3IN3/c11-10(12,13)8-3-7(15)1-2-9(8)17-5-6(14)4-16-17/h1-5H,15H2. The Morgan fingerprint density at radius 2 is 2.00 bits per heavy atom. The van der Waals surface area contributed by atoms with E-state index in [0.717, 1.165) is 9.64 Å². The highest BCUT2D eigenvalue weighted by Crippen LogP contribution is 2.34. The second-order valence-corrected chi connectivity index (χ2v) is 4.62. The summed E-state index contributed by atoms with van der Waals surface area (Å²) < 4.78 is 40.4. The van der Waals surface area contributed by atoms with Gasteiger partial charge in [0.15, 0.2) is 0 Å². The van der Waals surface area contributed by atoms with E-state index in [2.05, 4.69) is 5.10 Å². The number of hydrogen-bond acceptors (Lipinski definition) is 2. The van der Waals surface area contributed by atoms with Crippen LogP contribution in [0.1, 0.15) is 5.56 Å². The zero-order valence-corrected chi connectivity index (χ0v) is 10.5. The van der Waals surface area contributed by atoms with Crippen molar-refractivity contribution in [1.29, 1.82) is 0 Å². The molecule has 0 bridgehead atoms. The lowest BCUT2D eigenvalue weighted by Crippen LogP contribution is -2.11. The van der Waals surface area contributed by atoms with Crippen molar-refractivity contribution in [1.82, 2.24) is 9.78 Å². The number of hydrogen-bond donors (Lipinski definition) is 1. The Labute approximate surface area is 109 Å². The molecule has 0 unspecified atom stereocenters. The molecule has 2 N–H and O–H groups in total. The van der Waals surface area contributed by atoms with Gasteiger partial charge < -0.3 is 5.73 Å². The molecule has 0 radical (unpaired) electrons. The summed E-state index contributed by atoms with van der Waals surface area (Å²) in [7, 11) is 0. The molecule has 1 aromatic carbocycles. The molecule has 0 atom stereocenters. The number of nitrogen functional groups attached to an aromatic ring is 1. The third-order valence-electron chi connectivity index (χ3n) is 2.12. The van der Waals surface area contributed by atoms with Crippen LogP contribution < -0.4 is 5.73 Å². The first-order valence-corrected chi connectivity index (χ1v) is 5.63. The van der Waals surface area contributed by atoms with Crippen LogP contribution in [0.4, 0.5) is 18.9 Å².